The number of esters is 1. The van der Waals surface area contributed by atoms with Gasteiger partial charge in [0.05, 0.1) is 16.5 Å². The molecule has 3 rings (SSSR count). The molecule has 1 aliphatic rings. The van der Waals surface area contributed by atoms with Crippen LogP contribution in [-0.4, -0.2) is 52.2 Å². The molecule has 0 aliphatic carbocycles. The quantitative estimate of drug-likeness (QED) is 0.786. The minimum Gasteiger partial charge on any atom is -0.455 e. The third-order valence-corrected chi connectivity index (χ3v) is 5.32. The number of amides is 2. The van der Waals surface area contributed by atoms with Crippen LogP contribution >= 0.6 is 11.3 Å². The molecule has 8 nitrogen and oxygen atoms in total. The maximum Gasteiger partial charge on any atom is 0.309 e. The van der Waals surface area contributed by atoms with Gasteiger partial charge in [-0.3, -0.25) is 19.1 Å². The van der Waals surface area contributed by atoms with Crippen LogP contribution in [0.25, 0.3) is 0 Å². The van der Waals surface area contributed by atoms with Gasteiger partial charge >= 0.3 is 5.97 Å². The van der Waals surface area contributed by atoms with E-state index in [-0.39, 0.29) is 18.4 Å². The van der Waals surface area contributed by atoms with E-state index < -0.39 is 11.9 Å². The highest BCUT2D eigenvalue weighted by molar-refractivity contribution is 7.12. The lowest BCUT2D eigenvalue weighted by molar-refractivity contribution is -0.152. The molecule has 9 heteroatoms. The van der Waals surface area contributed by atoms with Gasteiger partial charge in [-0.25, -0.2) is 0 Å². The number of likely N-dealkylation sites (tertiary alicyclic amines) is 1. The number of ether oxygens (including phenoxy) is 1. The zero-order valence-corrected chi connectivity index (χ0v) is 16.1. The van der Waals surface area contributed by atoms with Crippen molar-refractivity contribution in [1.29, 1.82) is 0 Å². The standard InChI is InChI=1S/C18H22N4O4S/c1-12-10-15(21(2)20-12)19-16(23)11-26-18(25)13-5-7-22(8-6-13)17(24)14-4-3-9-27-14/h3-4,9-10,13H,5-8,11H2,1-2H3,(H,19,23). The Morgan fingerprint density at radius 3 is 2.67 bits per heavy atom. The van der Waals surface area contributed by atoms with Crippen molar-refractivity contribution in [2.45, 2.75) is 19.8 Å². The number of hydrogen-bond acceptors (Lipinski definition) is 6. The van der Waals surface area contributed by atoms with Crippen molar-refractivity contribution in [3.8, 4) is 0 Å². The molecule has 1 fully saturated rings. The predicted molar refractivity (Wildman–Crippen MR) is 100 cm³/mol. The molecule has 0 spiro atoms. The van der Waals surface area contributed by atoms with Crippen molar-refractivity contribution in [3.05, 3.63) is 34.2 Å². The molecule has 144 valence electrons. The monoisotopic (exact) mass is 390 g/mol. The van der Waals surface area contributed by atoms with Gasteiger partial charge in [0.1, 0.15) is 5.82 Å². The number of nitrogens with zero attached hydrogens (tertiary/aromatic N) is 3. The van der Waals surface area contributed by atoms with Crippen molar-refractivity contribution < 1.29 is 19.1 Å². The van der Waals surface area contributed by atoms with E-state index in [4.69, 9.17) is 4.74 Å². The van der Waals surface area contributed by atoms with E-state index in [0.717, 1.165) is 5.69 Å². The van der Waals surface area contributed by atoms with Gasteiger partial charge in [0.2, 0.25) is 0 Å². The molecular formula is C18H22N4O4S. The van der Waals surface area contributed by atoms with Crippen molar-refractivity contribution in [2.24, 2.45) is 13.0 Å². The summed E-state index contributed by atoms with van der Waals surface area (Å²) in [4.78, 5) is 38.9. The van der Waals surface area contributed by atoms with Gasteiger partial charge in [0.25, 0.3) is 11.8 Å². The molecule has 0 radical (unpaired) electrons. The summed E-state index contributed by atoms with van der Waals surface area (Å²) in [6, 6.07) is 5.38. The van der Waals surface area contributed by atoms with Gasteiger partial charge in [-0.1, -0.05) is 6.07 Å². The lowest BCUT2D eigenvalue weighted by Gasteiger charge is -2.30. The van der Waals surface area contributed by atoms with Gasteiger partial charge in [-0.2, -0.15) is 5.10 Å². The second-order valence-corrected chi connectivity index (χ2v) is 7.44. The van der Waals surface area contributed by atoms with Crippen molar-refractivity contribution in [3.63, 3.8) is 0 Å². The Labute approximate surface area is 161 Å². The Balaban J connectivity index is 1.42. The topological polar surface area (TPSA) is 93.5 Å². The molecule has 3 heterocycles. The van der Waals surface area contributed by atoms with E-state index in [2.05, 4.69) is 10.4 Å². The van der Waals surface area contributed by atoms with E-state index >= 15 is 0 Å². The third kappa shape index (κ3) is 4.73. The Morgan fingerprint density at radius 1 is 1.33 bits per heavy atom. The van der Waals surface area contributed by atoms with Crippen LogP contribution in [-0.2, 0) is 21.4 Å². The SMILES string of the molecule is Cc1cc(NC(=O)COC(=O)C2CCN(C(=O)c3cccs3)CC2)n(C)n1. The van der Waals surface area contributed by atoms with E-state index in [0.29, 0.717) is 36.6 Å². The molecule has 2 aromatic heterocycles. The fourth-order valence-corrected chi connectivity index (χ4v) is 3.73. The molecule has 27 heavy (non-hydrogen) atoms. The number of rotatable bonds is 5. The first-order valence-corrected chi connectivity index (χ1v) is 9.62. The number of hydrogen-bond donors (Lipinski definition) is 1. The first kappa shape index (κ1) is 19.1. The van der Waals surface area contributed by atoms with Crippen LogP contribution in [0.15, 0.2) is 23.6 Å². The molecule has 0 atom stereocenters. The molecule has 2 aromatic rings. The molecule has 0 aromatic carbocycles. The van der Waals surface area contributed by atoms with Gasteiger partial charge in [0.15, 0.2) is 6.61 Å². The Kier molecular flexibility index (Phi) is 5.90. The number of thiophene rings is 1. The van der Waals surface area contributed by atoms with E-state index in [1.807, 2.05) is 18.4 Å². The molecular weight excluding hydrogens is 368 g/mol. The number of piperidine rings is 1. The number of aryl methyl sites for hydroxylation is 2. The zero-order valence-electron chi connectivity index (χ0n) is 15.3. The first-order valence-electron chi connectivity index (χ1n) is 8.74. The highest BCUT2D eigenvalue weighted by Crippen LogP contribution is 2.21. The highest BCUT2D eigenvalue weighted by atomic mass is 32.1. The number of aromatic nitrogens is 2. The van der Waals surface area contributed by atoms with Gasteiger partial charge < -0.3 is 15.0 Å². The van der Waals surface area contributed by atoms with Crippen LogP contribution in [0.2, 0.25) is 0 Å². The second kappa shape index (κ2) is 8.34. The maximum atomic E-state index is 12.3. The van der Waals surface area contributed by atoms with Gasteiger partial charge in [-0.15, -0.1) is 11.3 Å². The van der Waals surface area contributed by atoms with Crippen LogP contribution in [0.3, 0.4) is 0 Å². The van der Waals surface area contributed by atoms with Crippen molar-refractivity contribution in [2.75, 3.05) is 25.0 Å². The van der Waals surface area contributed by atoms with E-state index in [9.17, 15) is 14.4 Å². The zero-order chi connectivity index (χ0) is 19.4. The van der Waals surface area contributed by atoms with Crippen LogP contribution in [0.4, 0.5) is 5.82 Å². The fourth-order valence-electron chi connectivity index (χ4n) is 3.04. The summed E-state index contributed by atoms with van der Waals surface area (Å²) < 4.78 is 6.70. The molecule has 0 saturated carbocycles. The predicted octanol–water partition coefficient (Wildman–Crippen LogP) is 1.82. The highest BCUT2D eigenvalue weighted by Gasteiger charge is 2.29. The smallest absolute Gasteiger partial charge is 0.309 e. The van der Waals surface area contributed by atoms with E-state index in [1.165, 1.54) is 11.3 Å². The van der Waals surface area contributed by atoms with Gasteiger partial charge in [-0.05, 0) is 31.2 Å². The number of carbonyl (C=O) groups is 3. The van der Waals surface area contributed by atoms with E-state index in [1.54, 1.807) is 28.8 Å². The summed E-state index contributed by atoms with van der Waals surface area (Å²) in [7, 11) is 1.72. The molecule has 1 N–H and O–H groups in total. The van der Waals surface area contributed by atoms with Gasteiger partial charge in [0, 0.05) is 26.2 Å². The maximum absolute atomic E-state index is 12.3. The average Bonchev–Trinajstić information content (AvgIpc) is 3.29. The Morgan fingerprint density at radius 2 is 2.07 bits per heavy atom. The molecule has 2 amide bonds. The molecule has 0 unspecified atom stereocenters. The Hall–Kier alpha value is -2.68. The van der Waals surface area contributed by atoms with Crippen LogP contribution in [0.1, 0.15) is 28.2 Å². The van der Waals surface area contributed by atoms with Crippen LogP contribution in [0.5, 0.6) is 0 Å². The summed E-state index contributed by atoms with van der Waals surface area (Å²) in [5, 5.41) is 8.66. The van der Waals surface area contributed by atoms with Crippen molar-refractivity contribution >= 4 is 34.9 Å². The lowest BCUT2D eigenvalue weighted by atomic mass is 9.97. The summed E-state index contributed by atoms with van der Waals surface area (Å²) >= 11 is 1.41. The summed E-state index contributed by atoms with van der Waals surface area (Å²) in [6.07, 6.45) is 1.08. The summed E-state index contributed by atoms with van der Waals surface area (Å²) in [5.74, 6) is -0.535. The number of anilines is 1. The Bertz CT molecular complexity index is 823. The lowest BCUT2D eigenvalue weighted by Crippen LogP contribution is -2.40. The molecule has 0 bridgehead atoms. The normalized spacial score (nSPS) is 14.8. The van der Waals surface area contributed by atoms with Crippen LogP contribution < -0.4 is 5.32 Å². The minimum absolute atomic E-state index is 0.00247. The fraction of sp³-hybridized carbons (Fsp3) is 0.444. The second-order valence-electron chi connectivity index (χ2n) is 6.49. The largest absolute Gasteiger partial charge is 0.455 e. The van der Waals surface area contributed by atoms with Crippen molar-refractivity contribution in [1.82, 2.24) is 14.7 Å². The summed E-state index contributed by atoms with van der Waals surface area (Å²) in [6.45, 7) is 2.51. The summed E-state index contributed by atoms with van der Waals surface area (Å²) in [5.41, 5.74) is 0.786. The average molecular weight is 390 g/mol. The number of carbonyl (C=O) groups excluding carboxylic acids is 3. The number of nitrogens with one attached hydrogen (secondary N) is 1. The third-order valence-electron chi connectivity index (χ3n) is 4.46. The van der Waals surface area contributed by atoms with Crippen LogP contribution in [0, 0.1) is 12.8 Å². The first-order chi connectivity index (χ1) is 12.9. The molecule has 1 aliphatic heterocycles. The molecule has 1 saturated heterocycles. The minimum atomic E-state index is -0.406.